The second kappa shape index (κ2) is 7.71. The lowest BCUT2D eigenvalue weighted by Gasteiger charge is -2.21. The Hall–Kier alpha value is -3.80. The number of carbonyl (C=O) groups is 2. The first kappa shape index (κ1) is 20.1. The van der Waals surface area contributed by atoms with Crippen LogP contribution in [0.25, 0.3) is 10.9 Å². The highest BCUT2D eigenvalue weighted by Crippen LogP contribution is 2.37. The normalized spacial score (nSPS) is 12.3. The van der Waals surface area contributed by atoms with Crippen molar-refractivity contribution in [3.05, 3.63) is 93.9 Å². The fourth-order valence-electron chi connectivity index (χ4n) is 4.94. The van der Waals surface area contributed by atoms with Crippen LogP contribution in [-0.2, 0) is 29.0 Å². The van der Waals surface area contributed by atoms with Crippen LogP contribution in [0.1, 0.15) is 48.9 Å². The van der Waals surface area contributed by atoms with Crippen molar-refractivity contribution in [2.75, 3.05) is 14.2 Å². The van der Waals surface area contributed by atoms with Gasteiger partial charge in [0, 0.05) is 41.0 Å². The van der Waals surface area contributed by atoms with Gasteiger partial charge in [-0.1, -0.05) is 48.5 Å². The molecule has 0 unspecified atom stereocenters. The molecule has 0 amide bonds. The molecule has 0 radical (unpaired) electrons. The average molecular weight is 428 g/mol. The van der Waals surface area contributed by atoms with Gasteiger partial charge in [-0.3, -0.25) is 0 Å². The van der Waals surface area contributed by atoms with Gasteiger partial charge in [-0.15, -0.1) is 0 Å². The maximum atomic E-state index is 12.7. The highest BCUT2D eigenvalue weighted by Gasteiger charge is 2.34. The Balaban J connectivity index is 1.72. The van der Waals surface area contributed by atoms with E-state index in [0.29, 0.717) is 24.1 Å². The Labute approximate surface area is 186 Å². The Bertz CT molecular complexity index is 1360. The van der Waals surface area contributed by atoms with Gasteiger partial charge in [0.15, 0.2) is 0 Å². The second-order valence-corrected chi connectivity index (χ2v) is 8.04. The van der Waals surface area contributed by atoms with Gasteiger partial charge < -0.3 is 18.6 Å². The van der Waals surface area contributed by atoms with E-state index in [0.717, 1.165) is 23.4 Å². The predicted molar refractivity (Wildman–Crippen MR) is 121 cm³/mol. The lowest BCUT2D eigenvalue weighted by molar-refractivity contribution is 0.0555. The zero-order valence-electron chi connectivity index (χ0n) is 18.3. The molecule has 6 heteroatoms. The molecule has 0 fully saturated rings. The number of fused-ring (bicyclic) bond motifs is 4. The largest absolute Gasteiger partial charge is 0.465 e. The van der Waals surface area contributed by atoms with Crippen LogP contribution < -0.4 is 0 Å². The van der Waals surface area contributed by atoms with Crippen LogP contribution in [0.15, 0.2) is 54.6 Å². The summed E-state index contributed by atoms with van der Waals surface area (Å²) in [6, 6.07) is 18.7. The molecule has 1 aliphatic heterocycles. The van der Waals surface area contributed by atoms with Crippen LogP contribution in [-0.4, -0.2) is 35.3 Å². The average Bonchev–Trinajstić information content (AvgIpc) is 3.29. The number of nitrogens with zero attached hydrogens (tertiary/aromatic N) is 2. The number of para-hydroxylation sites is 1. The van der Waals surface area contributed by atoms with Crippen LogP contribution >= 0.6 is 0 Å². The topological polar surface area (TPSA) is 62.5 Å². The molecule has 32 heavy (non-hydrogen) atoms. The van der Waals surface area contributed by atoms with E-state index in [2.05, 4.69) is 39.5 Å². The molecule has 6 nitrogen and oxygen atoms in total. The standard InChI is InChI=1S/C26H24N2O4/c1-16-23(25(29)31-2)24(26(30)32-3)21-13-19-18-11-7-8-12-20(18)28(22(19)15-27(16)21)14-17-9-5-4-6-10-17/h4-12H,13-15H2,1-3H3. The molecule has 4 aromatic rings. The molecule has 0 saturated carbocycles. The van der Waals surface area contributed by atoms with Crippen molar-refractivity contribution >= 4 is 22.8 Å². The fourth-order valence-corrected chi connectivity index (χ4v) is 4.94. The molecule has 0 aliphatic carbocycles. The minimum absolute atomic E-state index is 0.290. The molecule has 3 heterocycles. The molecule has 2 aromatic heterocycles. The number of carbonyl (C=O) groups excluding carboxylic acids is 2. The highest BCUT2D eigenvalue weighted by atomic mass is 16.5. The fraction of sp³-hybridized carbons (Fsp3) is 0.231. The molecular weight excluding hydrogens is 404 g/mol. The monoisotopic (exact) mass is 428 g/mol. The van der Waals surface area contributed by atoms with E-state index in [9.17, 15) is 9.59 Å². The smallest absolute Gasteiger partial charge is 0.340 e. The molecule has 162 valence electrons. The van der Waals surface area contributed by atoms with E-state index >= 15 is 0 Å². The summed E-state index contributed by atoms with van der Waals surface area (Å²) in [6.45, 7) is 3.18. The second-order valence-electron chi connectivity index (χ2n) is 8.04. The van der Waals surface area contributed by atoms with E-state index in [1.54, 1.807) is 0 Å². The first-order valence-electron chi connectivity index (χ1n) is 10.6. The maximum absolute atomic E-state index is 12.7. The van der Waals surface area contributed by atoms with Gasteiger partial charge in [0.1, 0.15) is 0 Å². The van der Waals surface area contributed by atoms with Crippen LogP contribution in [0.3, 0.4) is 0 Å². The minimum Gasteiger partial charge on any atom is -0.465 e. The van der Waals surface area contributed by atoms with Crippen molar-refractivity contribution in [1.82, 2.24) is 9.13 Å². The third-order valence-electron chi connectivity index (χ3n) is 6.44. The molecule has 1 aliphatic rings. The molecule has 0 atom stereocenters. The van der Waals surface area contributed by atoms with Crippen LogP contribution in [0.5, 0.6) is 0 Å². The summed E-state index contributed by atoms with van der Waals surface area (Å²) in [7, 11) is 2.67. The Kier molecular flexibility index (Phi) is 4.85. The van der Waals surface area contributed by atoms with E-state index < -0.39 is 11.9 Å². The number of hydrogen-bond donors (Lipinski definition) is 0. The molecule has 0 N–H and O–H groups in total. The molecule has 5 rings (SSSR count). The molecule has 0 bridgehead atoms. The highest BCUT2D eigenvalue weighted by molar-refractivity contribution is 6.05. The molecule has 2 aromatic carbocycles. The predicted octanol–water partition coefficient (Wildman–Crippen LogP) is 4.33. The van der Waals surface area contributed by atoms with Crippen LogP contribution in [0, 0.1) is 6.92 Å². The molecular formula is C26H24N2O4. The van der Waals surface area contributed by atoms with Gasteiger partial charge in [-0.05, 0) is 24.1 Å². The zero-order chi connectivity index (χ0) is 22.4. The molecule has 0 spiro atoms. The van der Waals surface area contributed by atoms with Crippen molar-refractivity contribution in [1.29, 1.82) is 0 Å². The summed E-state index contributed by atoms with van der Waals surface area (Å²) in [4.78, 5) is 25.3. The number of benzene rings is 2. The van der Waals surface area contributed by atoms with Crippen LogP contribution in [0.2, 0.25) is 0 Å². The quantitative estimate of drug-likeness (QED) is 0.400. The van der Waals surface area contributed by atoms with Gasteiger partial charge in [0.2, 0.25) is 0 Å². The van der Waals surface area contributed by atoms with Crippen molar-refractivity contribution in [3.8, 4) is 0 Å². The van der Waals surface area contributed by atoms with Gasteiger partial charge >= 0.3 is 11.9 Å². The van der Waals surface area contributed by atoms with Crippen molar-refractivity contribution in [2.45, 2.75) is 26.4 Å². The number of methoxy groups -OCH3 is 2. The lowest BCUT2D eigenvalue weighted by atomic mass is 9.99. The third-order valence-corrected chi connectivity index (χ3v) is 6.44. The number of ether oxygens (including phenoxy) is 2. The summed E-state index contributed by atoms with van der Waals surface area (Å²) in [5.41, 5.74) is 6.87. The number of rotatable bonds is 4. The zero-order valence-corrected chi connectivity index (χ0v) is 18.3. The van der Waals surface area contributed by atoms with Gasteiger partial charge in [0.25, 0.3) is 0 Å². The Morgan fingerprint density at radius 1 is 0.875 bits per heavy atom. The minimum atomic E-state index is -0.522. The number of aromatic nitrogens is 2. The van der Waals surface area contributed by atoms with E-state index in [1.807, 2.05) is 31.2 Å². The SMILES string of the molecule is COC(=O)c1c(C(=O)OC)c2n(c1C)Cc1c(c3ccccc3n1Cc1ccccc1)C2. The summed E-state index contributed by atoms with van der Waals surface area (Å²) in [6.07, 6.45) is 0.542. The van der Waals surface area contributed by atoms with Gasteiger partial charge in [-0.25, -0.2) is 9.59 Å². The Morgan fingerprint density at radius 3 is 2.25 bits per heavy atom. The van der Waals surface area contributed by atoms with E-state index in [4.69, 9.17) is 9.47 Å². The van der Waals surface area contributed by atoms with Gasteiger partial charge in [-0.2, -0.15) is 0 Å². The van der Waals surface area contributed by atoms with E-state index in [1.165, 1.54) is 36.4 Å². The first-order chi connectivity index (χ1) is 15.5. The lowest BCUT2D eigenvalue weighted by Crippen LogP contribution is -2.19. The van der Waals surface area contributed by atoms with Gasteiger partial charge in [0.05, 0.1) is 31.9 Å². The summed E-state index contributed by atoms with van der Waals surface area (Å²) < 4.78 is 14.4. The first-order valence-corrected chi connectivity index (χ1v) is 10.6. The van der Waals surface area contributed by atoms with E-state index in [-0.39, 0.29) is 0 Å². The van der Waals surface area contributed by atoms with Crippen molar-refractivity contribution in [2.24, 2.45) is 0 Å². The summed E-state index contributed by atoms with van der Waals surface area (Å²) in [5, 5.41) is 1.17. The Morgan fingerprint density at radius 2 is 1.53 bits per heavy atom. The van der Waals surface area contributed by atoms with Crippen molar-refractivity contribution in [3.63, 3.8) is 0 Å². The molecule has 0 saturated heterocycles. The third kappa shape index (κ3) is 2.94. The summed E-state index contributed by atoms with van der Waals surface area (Å²) in [5.74, 6) is -1.04. The van der Waals surface area contributed by atoms with Crippen molar-refractivity contribution < 1.29 is 19.1 Å². The maximum Gasteiger partial charge on any atom is 0.340 e. The summed E-state index contributed by atoms with van der Waals surface area (Å²) >= 11 is 0. The van der Waals surface area contributed by atoms with Crippen LogP contribution in [0.4, 0.5) is 0 Å². The number of hydrogen-bond acceptors (Lipinski definition) is 4. The number of esters is 2.